The second kappa shape index (κ2) is 12.4. The van der Waals surface area contributed by atoms with Gasteiger partial charge < -0.3 is 25.0 Å². The van der Waals surface area contributed by atoms with Gasteiger partial charge in [-0.25, -0.2) is 9.18 Å². The maximum atomic E-state index is 14.9. The number of amides is 3. The Morgan fingerprint density at radius 3 is 2.67 bits per heavy atom. The lowest BCUT2D eigenvalue weighted by Gasteiger charge is -2.21. The van der Waals surface area contributed by atoms with Gasteiger partial charge in [-0.1, -0.05) is 13.0 Å². The highest BCUT2D eigenvalue weighted by Crippen LogP contribution is 2.39. The van der Waals surface area contributed by atoms with Crippen LogP contribution in [-0.4, -0.2) is 53.1 Å². The fourth-order valence-corrected chi connectivity index (χ4v) is 5.12. The first-order chi connectivity index (χ1) is 19.4. The van der Waals surface area contributed by atoms with Crippen LogP contribution in [0.3, 0.4) is 0 Å². The number of carbonyl (C=O) groups excluding carboxylic acids is 2. The molecule has 1 saturated carbocycles. The van der Waals surface area contributed by atoms with Crippen LogP contribution >= 0.6 is 11.3 Å². The molecule has 3 aromatic heterocycles. The number of nitrogens with one attached hydrogen (secondary N) is 2. The van der Waals surface area contributed by atoms with Crippen molar-refractivity contribution in [2.75, 3.05) is 25.6 Å². The largest absolute Gasteiger partial charge is 0.453 e. The number of ether oxygens (including phenoxy) is 2. The maximum absolute atomic E-state index is 14.9. The third-order valence-corrected chi connectivity index (χ3v) is 7.53. The van der Waals surface area contributed by atoms with Gasteiger partial charge in [0.1, 0.15) is 5.75 Å². The molecule has 5 rings (SSSR count). The molecule has 11 heteroatoms. The Labute approximate surface area is 235 Å². The third-order valence-electron chi connectivity index (χ3n) is 6.37. The number of urea groups is 1. The molecule has 1 aliphatic rings. The van der Waals surface area contributed by atoms with Crippen molar-refractivity contribution in [2.45, 2.75) is 38.8 Å². The van der Waals surface area contributed by atoms with Crippen LogP contribution in [0, 0.1) is 5.82 Å². The molecule has 2 N–H and O–H groups in total. The summed E-state index contributed by atoms with van der Waals surface area (Å²) in [5.41, 5.74) is 2.73. The van der Waals surface area contributed by atoms with Crippen LogP contribution in [-0.2, 0) is 16.1 Å². The van der Waals surface area contributed by atoms with Gasteiger partial charge in [0.2, 0.25) is 5.91 Å². The first-order valence-corrected chi connectivity index (χ1v) is 13.9. The molecule has 1 aliphatic carbocycles. The van der Waals surface area contributed by atoms with Crippen molar-refractivity contribution in [3.8, 4) is 22.1 Å². The van der Waals surface area contributed by atoms with Crippen LogP contribution in [0.15, 0.2) is 54.9 Å². The average Bonchev–Trinajstić information content (AvgIpc) is 3.65. The van der Waals surface area contributed by atoms with Gasteiger partial charge in [-0.05, 0) is 42.7 Å². The highest BCUT2D eigenvalue weighted by Gasteiger charge is 2.23. The van der Waals surface area contributed by atoms with Gasteiger partial charge in [-0.2, -0.15) is 0 Å². The maximum Gasteiger partial charge on any atom is 0.319 e. The highest BCUT2D eigenvalue weighted by molar-refractivity contribution is 7.22. The van der Waals surface area contributed by atoms with Gasteiger partial charge in [0.05, 0.1) is 27.4 Å². The fourth-order valence-electron chi connectivity index (χ4n) is 4.08. The lowest BCUT2D eigenvalue weighted by Crippen LogP contribution is -2.32. The zero-order valence-corrected chi connectivity index (χ0v) is 23.1. The molecule has 0 unspecified atom stereocenters. The minimum absolute atomic E-state index is 0.0396. The summed E-state index contributed by atoms with van der Waals surface area (Å²) in [6.45, 7) is 3.29. The van der Waals surface area contributed by atoms with E-state index in [0.717, 1.165) is 33.7 Å². The normalized spacial score (nSPS) is 12.8. The number of thiophene rings is 1. The van der Waals surface area contributed by atoms with Crippen LogP contribution in [0.4, 0.5) is 14.9 Å². The first kappa shape index (κ1) is 27.5. The van der Waals surface area contributed by atoms with E-state index in [1.807, 2.05) is 25.1 Å². The summed E-state index contributed by atoms with van der Waals surface area (Å²) >= 11 is 1.45. The summed E-state index contributed by atoms with van der Waals surface area (Å²) in [6.07, 6.45) is 5.74. The summed E-state index contributed by atoms with van der Waals surface area (Å²) in [5.74, 6) is -0.0245. The molecule has 1 fully saturated rings. The zero-order chi connectivity index (χ0) is 28.1. The van der Waals surface area contributed by atoms with E-state index in [4.69, 9.17) is 9.47 Å². The number of methoxy groups -OCH3 is 1. The molecule has 40 heavy (non-hydrogen) atoms. The summed E-state index contributed by atoms with van der Waals surface area (Å²) in [7, 11) is 1.61. The summed E-state index contributed by atoms with van der Waals surface area (Å²) in [4.78, 5) is 35.9. The minimum Gasteiger partial charge on any atom is -0.453 e. The number of hydrogen-bond acceptors (Lipinski definition) is 7. The predicted octanol–water partition coefficient (Wildman–Crippen LogP) is 5.96. The Kier molecular flexibility index (Phi) is 8.51. The molecule has 3 amide bonds. The monoisotopic (exact) mass is 563 g/mol. The summed E-state index contributed by atoms with van der Waals surface area (Å²) < 4.78 is 26.7. The standard InChI is InChI=1S/C29H30FN5O4S/c1-3-27(36)35(12-13-38-2)17-18-4-8-22(32-16-18)26-15-23-28(40-26)25(10-11-31-23)39-24-9-7-20(14-21(24)30)34-29(37)33-19-5-6-19/h4,7-11,14-16,19H,3,5-6,12-13,17H2,1-2H3,(H2,33,34,37). The number of aromatic nitrogens is 2. The van der Waals surface area contributed by atoms with Crippen molar-refractivity contribution in [3.63, 3.8) is 0 Å². The molecule has 0 spiro atoms. The fraction of sp³-hybridized carbons (Fsp3) is 0.310. The van der Waals surface area contributed by atoms with Crippen molar-refractivity contribution in [1.82, 2.24) is 20.2 Å². The van der Waals surface area contributed by atoms with Gasteiger partial charge in [0.25, 0.3) is 0 Å². The average molecular weight is 564 g/mol. The molecule has 0 atom stereocenters. The number of rotatable bonds is 11. The van der Waals surface area contributed by atoms with Crippen molar-refractivity contribution < 1.29 is 23.5 Å². The number of carbonyl (C=O) groups is 2. The minimum atomic E-state index is -0.593. The first-order valence-electron chi connectivity index (χ1n) is 13.1. The zero-order valence-electron chi connectivity index (χ0n) is 22.3. The highest BCUT2D eigenvalue weighted by atomic mass is 32.1. The second-order valence-electron chi connectivity index (χ2n) is 9.47. The molecular formula is C29H30FN5O4S. The Morgan fingerprint density at radius 1 is 1.12 bits per heavy atom. The SMILES string of the molecule is CCC(=O)N(CCOC)Cc1ccc(-c2cc3nccc(Oc4ccc(NC(=O)NC5CC5)cc4F)c3s2)nc1. The molecule has 208 valence electrons. The van der Waals surface area contributed by atoms with E-state index in [-0.39, 0.29) is 23.7 Å². The molecule has 4 aromatic rings. The van der Waals surface area contributed by atoms with Crippen molar-refractivity contribution in [1.29, 1.82) is 0 Å². The molecule has 0 radical (unpaired) electrons. The summed E-state index contributed by atoms with van der Waals surface area (Å²) in [5, 5.41) is 5.45. The predicted molar refractivity (Wildman–Crippen MR) is 152 cm³/mol. The number of halogens is 1. The Balaban J connectivity index is 1.30. The van der Waals surface area contributed by atoms with Crippen molar-refractivity contribution in [3.05, 3.63) is 66.2 Å². The molecule has 3 heterocycles. The van der Waals surface area contributed by atoms with Crippen LogP contribution in [0.5, 0.6) is 11.5 Å². The number of hydrogen-bond donors (Lipinski definition) is 2. The van der Waals surface area contributed by atoms with Gasteiger partial charge in [-0.15, -0.1) is 11.3 Å². The van der Waals surface area contributed by atoms with E-state index in [2.05, 4.69) is 20.6 Å². The lowest BCUT2D eigenvalue weighted by molar-refractivity contribution is -0.132. The molecule has 0 aliphatic heterocycles. The van der Waals surface area contributed by atoms with Crippen molar-refractivity contribution in [2.24, 2.45) is 0 Å². The second-order valence-corrected chi connectivity index (χ2v) is 10.5. The van der Waals surface area contributed by atoms with E-state index in [9.17, 15) is 14.0 Å². The van der Waals surface area contributed by atoms with E-state index in [1.54, 1.807) is 36.5 Å². The Morgan fingerprint density at radius 2 is 1.98 bits per heavy atom. The van der Waals surface area contributed by atoms with Gasteiger partial charge in [0.15, 0.2) is 11.6 Å². The van der Waals surface area contributed by atoms with Gasteiger partial charge in [-0.3, -0.25) is 14.8 Å². The third kappa shape index (κ3) is 6.72. The smallest absolute Gasteiger partial charge is 0.319 e. The van der Waals surface area contributed by atoms with Crippen LogP contribution in [0.1, 0.15) is 31.7 Å². The summed E-state index contributed by atoms with van der Waals surface area (Å²) in [6, 6.07) is 11.6. The van der Waals surface area contributed by atoms with E-state index < -0.39 is 5.82 Å². The molecule has 0 saturated heterocycles. The molecule has 0 bridgehead atoms. The molecule has 1 aromatic carbocycles. The number of benzene rings is 1. The van der Waals surface area contributed by atoms with Gasteiger partial charge in [0, 0.05) is 62.9 Å². The lowest BCUT2D eigenvalue weighted by atomic mass is 10.2. The van der Waals surface area contributed by atoms with Crippen LogP contribution < -0.4 is 15.4 Å². The Bertz CT molecular complexity index is 1510. The van der Waals surface area contributed by atoms with Crippen LogP contribution in [0.25, 0.3) is 20.8 Å². The number of fused-ring (bicyclic) bond motifs is 1. The van der Waals surface area contributed by atoms with Crippen LogP contribution in [0.2, 0.25) is 0 Å². The van der Waals surface area contributed by atoms with E-state index in [1.165, 1.54) is 23.5 Å². The van der Waals surface area contributed by atoms with Gasteiger partial charge >= 0.3 is 6.03 Å². The molecule has 9 nitrogen and oxygen atoms in total. The number of pyridine rings is 2. The number of nitrogens with zero attached hydrogens (tertiary/aromatic N) is 3. The van der Waals surface area contributed by atoms with E-state index in [0.29, 0.717) is 43.1 Å². The number of anilines is 1. The quantitative estimate of drug-likeness (QED) is 0.233. The van der Waals surface area contributed by atoms with E-state index >= 15 is 0 Å². The van der Waals surface area contributed by atoms with Crippen molar-refractivity contribution >= 4 is 39.2 Å². The molecular weight excluding hydrogens is 533 g/mol. The Hall–Kier alpha value is -4.09. The topological polar surface area (TPSA) is 106 Å².